The summed E-state index contributed by atoms with van der Waals surface area (Å²) in [6.45, 7) is 1.28. The molecule has 0 radical (unpaired) electrons. The van der Waals surface area contributed by atoms with Crippen molar-refractivity contribution in [1.82, 2.24) is 20.4 Å². The van der Waals surface area contributed by atoms with Crippen LogP contribution < -0.4 is 16.4 Å². The first-order valence-corrected chi connectivity index (χ1v) is 10.0. The van der Waals surface area contributed by atoms with Crippen LogP contribution >= 0.6 is 11.6 Å². The van der Waals surface area contributed by atoms with Gasteiger partial charge in [-0.25, -0.2) is 4.39 Å². The Morgan fingerprint density at radius 2 is 2.00 bits per heavy atom. The van der Waals surface area contributed by atoms with Gasteiger partial charge in [0.05, 0.1) is 22.3 Å². The number of nitrogens with one attached hydrogen (secondary N) is 2. The lowest BCUT2D eigenvalue weighted by atomic mass is 10.1. The topological polar surface area (TPSA) is 122 Å². The molecule has 1 heterocycles. The van der Waals surface area contributed by atoms with Crippen LogP contribution in [0.1, 0.15) is 18.2 Å². The van der Waals surface area contributed by atoms with Crippen LogP contribution in [0, 0.1) is 5.82 Å². The van der Waals surface area contributed by atoms with Gasteiger partial charge in [0.15, 0.2) is 0 Å². The smallest absolute Gasteiger partial charge is 0.245 e. The molecular weight excluding hydrogens is 425 g/mol. The zero-order chi connectivity index (χ0) is 22.5. The van der Waals surface area contributed by atoms with Gasteiger partial charge in [-0.2, -0.15) is 5.10 Å². The summed E-state index contributed by atoms with van der Waals surface area (Å²) >= 11 is 5.74. The number of rotatable bonds is 8. The number of amides is 2. The monoisotopic (exact) mass is 447 g/mol. The number of hydrogen-bond acceptors (Lipinski definition) is 5. The highest BCUT2D eigenvalue weighted by Crippen LogP contribution is 2.18. The minimum Gasteiger partial charge on any atom is -0.391 e. The van der Waals surface area contributed by atoms with Crippen LogP contribution in [0.3, 0.4) is 0 Å². The van der Waals surface area contributed by atoms with Gasteiger partial charge in [-0.3, -0.25) is 14.3 Å². The lowest BCUT2D eigenvalue weighted by molar-refractivity contribution is -0.132. The number of carbonyl (C=O) groups excluding carboxylic acids is 2. The second kappa shape index (κ2) is 9.86. The Hall–Kier alpha value is -3.01. The Labute approximate surface area is 183 Å². The fraction of sp³-hybridized carbons (Fsp3) is 0.286. The fourth-order valence-corrected chi connectivity index (χ4v) is 3.40. The van der Waals surface area contributed by atoms with E-state index in [4.69, 9.17) is 17.3 Å². The van der Waals surface area contributed by atoms with Crippen molar-refractivity contribution >= 4 is 34.3 Å². The van der Waals surface area contributed by atoms with Crippen molar-refractivity contribution in [3.8, 4) is 0 Å². The predicted octanol–water partition coefficient (Wildman–Crippen LogP) is 1.47. The second-order valence-electron chi connectivity index (χ2n) is 7.04. The number of fused-ring (bicyclic) bond motifs is 1. The molecule has 5 N–H and O–H groups in total. The molecule has 0 bridgehead atoms. The highest BCUT2D eigenvalue weighted by molar-refractivity contribution is 6.30. The van der Waals surface area contributed by atoms with Crippen molar-refractivity contribution in [3.63, 3.8) is 0 Å². The number of aliphatic hydroxyl groups is 1. The number of nitrogens with zero attached hydrogens (tertiary/aromatic N) is 2. The predicted molar refractivity (Wildman–Crippen MR) is 114 cm³/mol. The maximum atomic E-state index is 14.0. The summed E-state index contributed by atoms with van der Waals surface area (Å²) in [5, 5.41) is 20.1. The van der Waals surface area contributed by atoms with Gasteiger partial charge in [0.1, 0.15) is 18.4 Å². The van der Waals surface area contributed by atoms with Crippen LogP contribution in [0.4, 0.5) is 4.39 Å². The lowest BCUT2D eigenvalue weighted by Gasteiger charge is -2.21. The van der Waals surface area contributed by atoms with Gasteiger partial charge in [0.25, 0.3) is 0 Å². The Morgan fingerprint density at radius 1 is 1.26 bits per heavy atom. The van der Waals surface area contributed by atoms with E-state index >= 15 is 0 Å². The molecule has 0 aliphatic carbocycles. The SMILES string of the molecule is CC(O)[C@H](NC(=O)Cn1nc(CN)c2ccccc21)C(=O)NCc1cccc(Cl)c1F. The highest BCUT2D eigenvalue weighted by Gasteiger charge is 2.26. The van der Waals surface area contributed by atoms with Crippen molar-refractivity contribution < 1.29 is 19.1 Å². The molecule has 2 amide bonds. The van der Waals surface area contributed by atoms with E-state index in [1.54, 1.807) is 6.07 Å². The van der Waals surface area contributed by atoms with E-state index in [0.29, 0.717) is 5.69 Å². The van der Waals surface area contributed by atoms with E-state index in [1.165, 1.54) is 23.7 Å². The van der Waals surface area contributed by atoms with Gasteiger partial charge >= 0.3 is 0 Å². The number of carbonyl (C=O) groups is 2. The largest absolute Gasteiger partial charge is 0.391 e. The Morgan fingerprint density at radius 3 is 2.71 bits per heavy atom. The van der Waals surface area contributed by atoms with Gasteiger partial charge in [0, 0.05) is 24.0 Å². The number of para-hydroxylation sites is 1. The first-order chi connectivity index (χ1) is 14.8. The number of hydrogen-bond donors (Lipinski definition) is 4. The van der Waals surface area contributed by atoms with Gasteiger partial charge in [-0.05, 0) is 19.1 Å². The molecular formula is C21H23ClFN5O3. The molecule has 8 nitrogen and oxygen atoms in total. The van der Waals surface area contributed by atoms with Crippen LogP contribution in [0.15, 0.2) is 42.5 Å². The molecule has 2 atom stereocenters. The molecule has 0 aliphatic rings. The van der Waals surface area contributed by atoms with Crippen molar-refractivity contribution in [3.05, 3.63) is 64.6 Å². The molecule has 1 unspecified atom stereocenters. The molecule has 0 fully saturated rings. The van der Waals surface area contributed by atoms with Crippen molar-refractivity contribution in [2.45, 2.75) is 38.7 Å². The van der Waals surface area contributed by atoms with E-state index in [0.717, 1.165) is 10.9 Å². The third-order valence-electron chi connectivity index (χ3n) is 4.79. The normalized spacial score (nSPS) is 13.1. The quantitative estimate of drug-likeness (QED) is 0.416. The van der Waals surface area contributed by atoms with Gasteiger partial charge < -0.3 is 21.5 Å². The van der Waals surface area contributed by atoms with Crippen LogP contribution in [0.5, 0.6) is 0 Å². The standard InChI is InChI=1S/C21H23ClFN5O3/c1-12(29)20(21(31)25-10-13-5-4-7-15(22)19(13)23)26-18(30)11-28-17-8-3-2-6-14(17)16(9-24)27-28/h2-8,12,20,29H,9-11,24H2,1H3,(H,25,31)(H,26,30)/t12?,20-/m0/s1. The molecule has 2 aromatic carbocycles. The molecule has 0 saturated carbocycles. The van der Waals surface area contributed by atoms with Crippen LogP contribution in [-0.4, -0.2) is 38.8 Å². The zero-order valence-electron chi connectivity index (χ0n) is 16.8. The second-order valence-corrected chi connectivity index (χ2v) is 7.45. The zero-order valence-corrected chi connectivity index (χ0v) is 17.6. The molecule has 31 heavy (non-hydrogen) atoms. The molecule has 164 valence electrons. The maximum Gasteiger partial charge on any atom is 0.245 e. The summed E-state index contributed by atoms with van der Waals surface area (Å²) in [6.07, 6.45) is -1.18. The van der Waals surface area contributed by atoms with E-state index in [1.807, 2.05) is 24.3 Å². The number of aromatic nitrogens is 2. The summed E-state index contributed by atoms with van der Waals surface area (Å²) < 4.78 is 15.5. The minimum absolute atomic E-state index is 0.0598. The molecule has 0 spiro atoms. The van der Waals surface area contributed by atoms with Gasteiger partial charge in [0.2, 0.25) is 11.8 Å². The molecule has 0 aliphatic heterocycles. The number of halogens is 2. The molecule has 3 aromatic rings. The summed E-state index contributed by atoms with van der Waals surface area (Å²) in [6, 6.07) is 10.6. The van der Waals surface area contributed by atoms with E-state index in [9.17, 15) is 19.1 Å². The van der Waals surface area contributed by atoms with Crippen LogP contribution in [0.2, 0.25) is 5.02 Å². The molecule has 3 rings (SSSR count). The Balaban J connectivity index is 1.68. The minimum atomic E-state index is -1.23. The van der Waals surface area contributed by atoms with Crippen molar-refractivity contribution in [2.24, 2.45) is 5.73 Å². The van der Waals surface area contributed by atoms with Crippen molar-refractivity contribution in [2.75, 3.05) is 0 Å². The van der Waals surface area contributed by atoms with Crippen LogP contribution in [-0.2, 0) is 29.2 Å². The lowest BCUT2D eigenvalue weighted by Crippen LogP contribution is -2.53. The van der Waals surface area contributed by atoms with E-state index in [-0.39, 0.29) is 30.2 Å². The average molecular weight is 448 g/mol. The van der Waals surface area contributed by atoms with Gasteiger partial charge in [-0.15, -0.1) is 0 Å². The maximum absolute atomic E-state index is 14.0. The van der Waals surface area contributed by atoms with Crippen molar-refractivity contribution in [1.29, 1.82) is 0 Å². The third kappa shape index (κ3) is 5.19. The Bertz CT molecular complexity index is 1100. The number of aliphatic hydroxyl groups excluding tert-OH is 1. The summed E-state index contributed by atoms with van der Waals surface area (Å²) in [5.74, 6) is -1.81. The average Bonchev–Trinajstić information content (AvgIpc) is 3.10. The third-order valence-corrected chi connectivity index (χ3v) is 5.08. The number of benzene rings is 2. The summed E-state index contributed by atoms with van der Waals surface area (Å²) in [5.41, 5.74) is 7.29. The van der Waals surface area contributed by atoms with E-state index < -0.39 is 29.8 Å². The Kier molecular flexibility index (Phi) is 7.21. The molecule has 0 saturated heterocycles. The highest BCUT2D eigenvalue weighted by atomic mass is 35.5. The molecule has 10 heteroatoms. The first kappa shape index (κ1) is 22.7. The fourth-order valence-electron chi connectivity index (χ4n) is 3.21. The summed E-state index contributed by atoms with van der Waals surface area (Å²) in [7, 11) is 0. The summed E-state index contributed by atoms with van der Waals surface area (Å²) in [4.78, 5) is 25.1. The van der Waals surface area contributed by atoms with Gasteiger partial charge in [-0.1, -0.05) is 41.9 Å². The first-order valence-electron chi connectivity index (χ1n) is 9.64. The van der Waals surface area contributed by atoms with Crippen LogP contribution in [0.25, 0.3) is 10.9 Å². The number of nitrogens with two attached hydrogens (primary N) is 1. The van der Waals surface area contributed by atoms with E-state index in [2.05, 4.69) is 15.7 Å². The molecule has 1 aromatic heterocycles.